The first-order valence-electron chi connectivity index (χ1n) is 7.50. The van der Waals surface area contributed by atoms with Crippen LogP contribution in [0.5, 0.6) is 0 Å². The van der Waals surface area contributed by atoms with Crippen molar-refractivity contribution in [1.82, 2.24) is 14.7 Å². The van der Waals surface area contributed by atoms with Gasteiger partial charge in [-0.15, -0.1) is 0 Å². The molecule has 2 rings (SSSR count). The van der Waals surface area contributed by atoms with E-state index in [4.69, 9.17) is 0 Å². The molecule has 1 aliphatic heterocycles. The van der Waals surface area contributed by atoms with E-state index in [9.17, 15) is 9.90 Å². The maximum atomic E-state index is 11.7. The van der Waals surface area contributed by atoms with Gasteiger partial charge in [-0.05, 0) is 31.9 Å². The van der Waals surface area contributed by atoms with Gasteiger partial charge >= 0.3 is 5.97 Å². The molecule has 0 aliphatic carbocycles. The smallest absolute Gasteiger partial charge is 0.310 e. The van der Waals surface area contributed by atoms with Gasteiger partial charge in [-0.3, -0.25) is 9.48 Å². The van der Waals surface area contributed by atoms with E-state index in [-0.39, 0.29) is 0 Å². The van der Waals surface area contributed by atoms with Crippen LogP contribution in [0.25, 0.3) is 0 Å². The molecule has 0 saturated carbocycles. The molecule has 112 valence electrons. The lowest BCUT2D eigenvalue weighted by atomic mass is 9.76. The van der Waals surface area contributed by atoms with Crippen molar-refractivity contribution in [3.05, 3.63) is 18.0 Å². The lowest BCUT2D eigenvalue weighted by Crippen LogP contribution is -2.48. The van der Waals surface area contributed by atoms with E-state index in [1.807, 2.05) is 24.0 Å². The maximum Gasteiger partial charge on any atom is 0.310 e. The highest BCUT2D eigenvalue weighted by Gasteiger charge is 2.41. The normalized spacial score (nSPS) is 23.9. The molecule has 1 aliphatic rings. The molecule has 0 aromatic carbocycles. The number of hydrogen-bond donors (Lipinski definition) is 1. The van der Waals surface area contributed by atoms with Crippen molar-refractivity contribution in [2.45, 2.75) is 39.0 Å². The Morgan fingerprint density at radius 3 is 2.95 bits per heavy atom. The molecule has 0 bridgehead atoms. The van der Waals surface area contributed by atoms with E-state index in [2.05, 4.69) is 16.9 Å². The standard InChI is InChI=1S/C15H25N3O2/c1-3-7-15(14(19)20)8-4-10-18(12-15)11-6-13-5-9-16-17(13)2/h5,9H,3-4,6-8,10-12H2,1-2H3,(H,19,20). The van der Waals surface area contributed by atoms with Crippen LogP contribution in [0.4, 0.5) is 0 Å². The van der Waals surface area contributed by atoms with Crippen LogP contribution in [-0.2, 0) is 18.3 Å². The second-order valence-electron chi connectivity index (χ2n) is 5.91. The van der Waals surface area contributed by atoms with Gasteiger partial charge < -0.3 is 10.0 Å². The summed E-state index contributed by atoms with van der Waals surface area (Å²) >= 11 is 0. The number of piperidine rings is 1. The number of carboxylic acids is 1. The van der Waals surface area contributed by atoms with Crippen LogP contribution in [0.2, 0.25) is 0 Å². The summed E-state index contributed by atoms with van der Waals surface area (Å²) in [6.45, 7) is 4.68. The average Bonchev–Trinajstić information content (AvgIpc) is 2.82. The van der Waals surface area contributed by atoms with Crippen LogP contribution in [0.3, 0.4) is 0 Å². The Kier molecular flexibility index (Phi) is 4.81. The Morgan fingerprint density at radius 2 is 2.35 bits per heavy atom. The number of likely N-dealkylation sites (tertiary alicyclic amines) is 1. The van der Waals surface area contributed by atoms with Gasteiger partial charge in [0, 0.05) is 38.4 Å². The predicted molar refractivity (Wildman–Crippen MR) is 77.6 cm³/mol. The third-order valence-corrected chi connectivity index (χ3v) is 4.44. The largest absolute Gasteiger partial charge is 0.481 e. The fourth-order valence-corrected chi connectivity index (χ4v) is 3.30. The van der Waals surface area contributed by atoms with Crippen LogP contribution in [0, 0.1) is 5.41 Å². The molecule has 5 nitrogen and oxygen atoms in total. The van der Waals surface area contributed by atoms with Crippen molar-refractivity contribution < 1.29 is 9.90 Å². The zero-order chi connectivity index (χ0) is 14.6. The number of rotatable bonds is 6. The first kappa shape index (κ1) is 15.0. The Morgan fingerprint density at radius 1 is 1.55 bits per heavy atom. The second-order valence-corrected chi connectivity index (χ2v) is 5.91. The van der Waals surface area contributed by atoms with Gasteiger partial charge in [-0.1, -0.05) is 13.3 Å². The van der Waals surface area contributed by atoms with Crippen molar-refractivity contribution in [2.75, 3.05) is 19.6 Å². The highest BCUT2D eigenvalue weighted by atomic mass is 16.4. The fraction of sp³-hybridized carbons (Fsp3) is 0.733. The molecular weight excluding hydrogens is 254 g/mol. The first-order chi connectivity index (χ1) is 9.57. The minimum absolute atomic E-state index is 0.528. The summed E-state index contributed by atoms with van der Waals surface area (Å²) in [6.07, 6.45) is 6.25. The quantitative estimate of drug-likeness (QED) is 0.864. The number of aliphatic carboxylic acids is 1. The molecule has 20 heavy (non-hydrogen) atoms. The van der Waals surface area contributed by atoms with E-state index in [1.165, 1.54) is 5.69 Å². The van der Waals surface area contributed by atoms with Crippen LogP contribution < -0.4 is 0 Å². The number of aromatic nitrogens is 2. The van der Waals surface area contributed by atoms with Crippen molar-refractivity contribution >= 4 is 5.97 Å². The molecule has 1 fully saturated rings. The van der Waals surface area contributed by atoms with Crippen molar-refractivity contribution in [2.24, 2.45) is 12.5 Å². The highest BCUT2D eigenvalue weighted by Crippen LogP contribution is 2.35. The summed E-state index contributed by atoms with van der Waals surface area (Å²) in [6, 6.07) is 2.03. The molecule has 5 heteroatoms. The zero-order valence-electron chi connectivity index (χ0n) is 12.5. The molecular formula is C15H25N3O2. The molecule has 0 spiro atoms. The summed E-state index contributed by atoms with van der Waals surface area (Å²) in [5.41, 5.74) is 0.673. The topological polar surface area (TPSA) is 58.4 Å². The van der Waals surface area contributed by atoms with Crippen molar-refractivity contribution in [1.29, 1.82) is 0 Å². The minimum Gasteiger partial charge on any atom is -0.481 e. The third-order valence-electron chi connectivity index (χ3n) is 4.44. The summed E-state index contributed by atoms with van der Waals surface area (Å²) in [5.74, 6) is -0.621. The molecule has 0 radical (unpaired) electrons. The SMILES string of the molecule is CCCC1(C(=O)O)CCCN(CCc2ccnn2C)C1. The lowest BCUT2D eigenvalue weighted by Gasteiger charge is -2.40. The van der Waals surface area contributed by atoms with Gasteiger partial charge in [-0.2, -0.15) is 5.10 Å². The minimum atomic E-state index is -0.621. The van der Waals surface area contributed by atoms with Crippen LogP contribution in [-0.4, -0.2) is 45.4 Å². The van der Waals surface area contributed by atoms with Gasteiger partial charge in [0.2, 0.25) is 0 Å². The van der Waals surface area contributed by atoms with E-state index >= 15 is 0 Å². The van der Waals surface area contributed by atoms with Crippen LogP contribution >= 0.6 is 0 Å². The average molecular weight is 279 g/mol. The van der Waals surface area contributed by atoms with Gasteiger partial charge in [0.1, 0.15) is 0 Å². The fourth-order valence-electron chi connectivity index (χ4n) is 3.30. The Bertz CT molecular complexity index is 454. The molecule has 1 unspecified atom stereocenters. The van der Waals surface area contributed by atoms with Gasteiger partial charge in [0.05, 0.1) is 5.41 Å². The molecule has 1 N–H and O–H groups in total. The van der Waals surface area contributed by atoms with Gasteiger partial charge in [0.25, 0.3) is 0 Å². The number of carbonyl (C=O) groups is 1. The van der Waals surface area contributed by atoms with Gasteiger partial charge in [-0.25, -0.2) is 0 Å². The second kappa shape index (κ2) is 6.39. The number of carboxylic acid groups (broad SMARTS) is 1. The first-order valence-corrected chi connectivity index (χ1v) is 7.50. The van der Waals surface area contributed by atoms with E-state index in [1.54, 1.807) is 0 Å². The lowest BCUT2D eigenvalue weighted by molar-refractivity contribution is -0.153. The van der Waals surface area contributed by atoms with Gasteiger partial charge in [0.15, 0.2) is 0 Å². The van der Waals surface area contributed by atoms with E-state index < -0.39 is 11.4 Å². The number of hydrogen-bond acceptors (Lipinski definition) is 3. The van der Waals surface area contributed by atoms with Crippen molar-refractivity contribution in [3.8, 4) is 0 Å². The van der Waals surface area contributed by atoms with Crippen LogP contribution in [0.15, 0.2) is 12.3 Å². The number of aryl methyl sites for hydroxylation is 1. The molecule has 2 heterocycles. The third kappa shape index (κ3) is 3.20. The monoisotopic (exact) mass is 279 g/mol. The highest BCUT2D eigenvalue weighted by molar-refractivity contribution is 5.75. The summed E-state index contributed by atoms with van der Waals surface area (Å²) in [5, 5.41) is 13.8. The molecule has 1 aromatic heterocycles. The summed E-state index contributed by atoms with van der Waals surface area (Å²) < 4.78 is 1.89. The summed E-state index contributed by atoms with van der Waals surface area (Å²) in [4.78, 5) is 14.0. The maximum absolute atomic E-state index is 11.7. The Hall–Kier alpha value is -1.36. The van der Waals surface area contributed by atoms with E-state index in [0.29, 0.717) is 6.54 Å². The van der Waals surface area contributed by atoms with Crippen molar-refractivity contribution in [3.63, 3.8) is 0 Å². The Balaban J connectivity index is 1.96. The molecule has 1 saturated heterocycles. The number of nitrogens with zero attached hydrogens (tertiary/aromatic N) is 3. The molecule has 1 atom stereocenters. The Labute approximate surface area is 120 Å². The molecule has 0 amide bonds. The predicted octanol–water partition coefficient (Wildman–Crippen LogP) is 1.93. The van der Waals surface area contributed by atoms with Crippen LogP contribution in [0.1, 0.15) is 38.3 Å². The molecule has 1 aromatic rings. The summed E-state index contributed by atoms with van der Waals surface area (Å²) in [7, 11) is 1.95. The zero-order valence-corrected chi connectivity index (χ0v) is 12.5. The van der Waals surface area contributed by atoms with E-state index in [0.717, 1.165) is 45.2 Å².